The van der Waals surface area contributed by atoms with Crippen LogP contribution in [-0.2, 0) is 21.4 Å². The Morgan fingerprint density at radius 1 is 0.783 bits per heavy atom. The number of nitrogens with one attached hydrogen (secondary N) is 1. The molecule has 0 saturated carbocycles. The van der Waals surface area contributed by atoms with Gasteiger partial charge in [-0.25, -0.2) is 13.8 Å². The fourth-order valence-electron chi connectivity index (χ4n) is 4.19. The number of nitrogens with zero attached hydrogens (tertiary/aromatic N) is 2. The molecule has 0 unspecified atom stereocenters. The number of carbonyl (C=O) groups is 1. The Bertz CT molecular complexity index is 1820. The van der Waals surface area contributed by atoms with Crippen molar-refractivity contribution in [2.24, 2.45) is 5.10 Å². The minimum absolute atomic E-state index is 0.0761. The first-order valence-electron chi connectivity index (χ1n) is 13.5. The van der Waals surface area contributed by atoms with E-state index in [-0.39, 0.29) is 22.1 Å². The van der Waals surface area contributed by atoms with Crippen molar-refractivity contribution < 1.29 is 36.9 Å². The van der Waals surface area contributed by atoms with Crippen molar-refractivity contribution >= 4 is 51.0 Å². The van der Waals surface area contributed by atoms with Crippen LogP contribution in [-0.4, -0.2) is 55.5 Å². The van der Waals surface area contributed by atoms with Crippen molar-refractivity contribution in [1.82, 2.24) is 5.43 Å². The molecule has 0 spiro atoms. The van der Waals surface area contributed by atoms with Gasteiger partial charge in [0.15, 0.2) is 11.5 Å². The van der Waals surface area contributed by atoms with Gasteiger partial charge in [-0.1, -0.05) is 29.3 Å². The number of hydrazone groups is 1. The lowest BCUT2D eigenvalue weighted by atomic mass is 10.2. The topological polar surface area (TPSA) is 125 Å². The molecule has 0 saturated heterocycles. The summed E-state index contributed by atoms with van der Waals surface area (Å²) in [4.78, 5) is 13.0. The molecule has 0 aliphatic rings. The van der Waals surface area contributed by atoms with Gasteiger partial charge in [-0.15, -0.1) is 0 Å². The third kappa shape index (κ3) is 8.33. The lowest BCUT2D eigenvalue weighted by Crippen LogP contribution is -2.39. The van der Waals surface area contributed by atoms with Gasteiger partial charge in [0.05, 0.1) is 55.3 Å². The van der Waals surface area contributed by atoms with Crippen molar-refractivity contribution in [1.29, 1.82) is 0 Å². The van der Waals surface area contributed by atoms with Gasteiger partial charge < -0.3 is 23.7 Å². The highest BCUT2D eigenvalue weighted by molar-refractivity contribution is 7.92. The van der Waals surface area contributed by atoms with Crippen LogP contribution in [0.4, 0.5) is 5.69 Å². The maximum absolute atomic E-state index is 14.0. The van der Waals surface area contributed by atoms with Crippen LogP contribution in [0, 0.1) is 0 Å². The van der Waals surface area contributed by atoms with E-state index < -0.39 is 22.5 Å². The zero-order chi connectivity index (χ0) is 33.3. The van der Waals surface area contributed by atoms with E-state index in [4.69, 9.17) is 46.9 Å². The number of benzene rings is 4. The molecular weight excluding hydrogens is 657 g/mol. The number of carbonyl (C=O) groups excluding carboxylic acids is 1. The van der Waals surface area contributed by atoms with E-state index in [0.29, 0.717) is 39.5 Å². The second kappa shape index (κ2) is 15.6. The molecule has 4 rings (SSSR count). The number of hydrogen-bond acceptors (Lipinski definition) is 9. The van der Waals surface area contributed by atoms with Crippen molar-refractivity contribution in [3.05, 3.63) is 100 Å². The minimum Gasteiger partial charge on any atom is -0.497 e. The summed E-state index contributed by atoms with van der Waals surface area (Å²) in [6, 6.07) is 21.0. The predicted molar refractivity (Wildman–Crippen MR) is 177 cm³/mol. The van der Waals surface area contributed by atoms with Crippen LogP contribution >= 0.6 is 23.2 Å². The molecule has 4 aromatic rings. The van der Waals surface area contributed by atoms with Gasteiger partial charge in [0.25, 0.3) is 15.9 Å². The smallest absolute Gasteiger partial charge is 0.265 e. The van der Waals surface area contributed by atoms with Crippen LogP contribution < -0.4 is 33.4 Å². The van der Waals surface area contributed by atoms with Gasteiger partial charge in [-0.05, 0) is 71.8 Å². The summed E-state index contributed by atoms with van der Waals surface area (Å²) in [5.41, 5.74) is 3.98. The maximum atomic E-state index is 14.0. The highest BCUT2D eigenvalue weighted by Crippen LogP contribution is 2.37. The number of ether oxygens (including phenoxy) is 5. The lowest BCUT2D eigenvalue weighted by molar-refractivity contribution is -0.119. The Kier molecular flexibility index (Phi) is 11.6. The average molecular weight is 689 g/mol. The molecule has 14 heteroatoms. The SMILES string of the molecule is COc1ccc(OC)c(N(CC(=O)N/N=C\c2ccc(OCc3ccc(Cl)c(Cl)c3)cc2)S(=O)(=O)c2ccc(OC)c(OC)c2)c1. The van der Waals surface area contributed by atoms with E-state index in [2.05, 4.69) is 10.5 Å². The van der Waals surface area contributed by atoms with Gasteiger partial charge in [0.2, 0.25) is 0 Å². The molecule has 0 aliphatic heterocycles. The van der Waals surface area contributed by atoms with Gasteiger partial charge in [-0.2, -0.15) is 5.10 Å². The Morgan fingerprint density at radius 3 is 2.11 bits per heavy atom. The summed E-state index contributed by atoms with van der Waals surface area (Å²) in [5.74, 6) is 0.974. The molecule has 242 valence electrons. The molecule has 0 atom stereocenters. The fourth-order valence-corrected chi connectivity index (χ4v) is 5.95. The Morgan fingerprint density at radius 2 is 1.46 bits per heavy atom. The molecule has 0 bridgehead atoms. The monoisotopic (exact) mass is 687 g/mol. The van der Waals surface area contributed by atoms with E-state index in [1.807, 2.05) is 6.07 Å². The lowest BCUT2D eigenvalue weighted by Gasteiger charge is -2.26. The van der Waals surface area contributed by atoms with Gasteiger partial charge in [-0.3, -0.25) is 9.10 Å². The number of halogens is 2. The first-order chi connectivity index (χ1) is 22.1. The van der Waals surface area contributed by atoms with Crippen LogP contribution in [0.25, 0.3) is 0 Å². The first-order valence-corrected chi connectivity index (χ1v) is 15.7. The highest BCUT2D eigenvalue weighted by atomic mass is 35.5. The normalized spacial score (nSPS) is 11.2. The van der Waals surface area contributed by atoms with Crippen LogP contribution in [0.15, 0.2) is 88.9 Å². The standard InChI is InChI=1S/C32H31Cl2N3O8S/c1-41-24-10-13-29(42-2)28(16-24)37(46(39,40)25-11-14-30(43-3)31(17-25)44-4)19-32(38)36-35-18-21-5-8-23(9-6-21)45-20-22-7-12-26(33)27(34)15-22/h5-18H,19-20H2,1-4H3,(H,36,38)/b35-18-. The number of amides is 1. The van der Waals surface area contributed by atoms with E-state index in [1.54, 1.807) is 48.5 Å². The summed E-state index contributed by atoms with van der Waals surface area (Å²) in [5, 5.41) is 4.92. The summed E-state index contributed by atoms with van der Waals surface area (Å²) >= 11 is 12.0. The van der Waals surface area contributed by atoms with Gasteiger partial charge >= 0.3 is 0 Å². The van der Waals surface area contributed by atoms with Crippen molar-refractivity contribution in [2.45, 2.75) is 11.5 Å². The summed E-state index contributed by atoms with van der Waals surface area (Å²) < 4.78 is 56.0. The summed E-state index contributed by atoms with van der Waals surface area (Å²) in [7, 11) is 1.30. The summed E-state index contributed by atoms with van der Waals surface area (Å²) in [6.07, 6.45) is 1.42. The number of methoxy groups -OCH3 is 4. The predicted octanol–water partition coefficient (Wildman–Crippen LogP) is 5.95. The van der Waals surface area contributed by atoms with Crippen LogP contribution in [0.5, 0.6) is 28.7 Å². The quantitative estimate of drug-likeness (QED) is 0.127. The van der Waals surface area contributed by atoms with Gasteiger partial charge in [0, 0.05) is 12.1 Å². The third-order valence-corrected chi connectivity index (χ3v) is 9.05. The summed E-state index contributed by atoms with van der Waals surface area (Å²) in [6.45, 7) is -0.347. The third-order valence-electron chi connectivity index (χ3n) is 6.56. The first kappa shape index (κ1) is 34.2. The highest BCUT2D eigenvalue weighted by Gasteiger charge is 2.31. The van der Waals surface area contributed by atoms with E-state index in [1.165, 1.54) is 58.9 Å². The second-order valence-corrected chi connectivity index (χ2v) is 12.1. The Labute approximate surface area is 277 Å². The van der Waals surface area contributed by atoms with Crippen molar-refractivity contribution in [3.63, 3.8) is 0 Å². The second-order valence-electron chi connectivity index (χ2n) is 9.47. The maximum Gasteiger partial charge on any atom is 0.265 e. The van der Waals surface area contributed by atoms with Crippen LogP contribution in [0.3, 0.4) is 0 Å². The number of anilines is 1. The van der Waals surface area contributed by atoms with Crippen LogP contribution in [0.1, 0.15) is 11.1 Å². The molecule has 11 nitrogen and oxygen atoms in total. The average Bonchev–Trinajstić information content (AvgIpc) is 3.07. The number of sulfonamides is 1. The molecule has 1 amide bonds. The van der Waals surface area contributed by atoms with Crippen molar-refractivity contribution in [3.8, 4) is 28.7 Å². The molecule has 4 aromatic carbocycles. The Hall–Kier alpha value is -4.65. The molecule has 0 heterocycles. The van der Waals surface area contributed by atoms with Crippen molar-refractivity contribution in [2.75, 3.05) is 39.3 Å². The number of hydrogen-bond donors (Lipinski definition) is 1. The largest absolute Gasteiger partial charge is 0.497 e. The zero-order valence-corrected chi connectivity index (χ0v) is 27.7. The molecule has 1 N–H and O–H groups in total. The van der Waals surface area contributed by atoms with Crippen LogP contribution in [0.2, 0.25) is 10.0 Å². The molecule has 0 aromatic heterocycles. The van der Waals surface area contributed by atoms with E-state index >= 15 is 0 Å². The molecule has 0 radical (unpaired) electrons. The molecule has 0 aliphatic carbocycles. The molecular formula is C32H31Cl2N3O8S. The van der Waals surface area contributed by atoms with E-state index in [0.717, 1.165) is 9.87 Å². The molecule has 0 fully saturated rings. The van der Waals surface area contributed by atoms with E-state index in [9.17, 15) is 13.2 Å². The number of rotatable bonds is 14. The molecule has 46 heavy (non-hydrogen) atoms. The fraction of sp³-hybridized carbons (Fsp3) is 0.188. The minimum atomic E-state index is -4.35. The zero-order valence-electron chi connectivity index (χ0n) is 25.3. The Balaban J connectivity index is 1.51. The van der Waals surface area contributed by atoms with Gasteiger partial charge in [0.1, 0.15) is 30.4 Å².